The summed E-state index contributed by atoms with van der Waals surface area (Å²) in [6.45, 7) is 6.91. The highest BCUT2D eigenvalue weighted by Crippen LogP contribution is 1.99. The molecule has 0 bridgehead atoms. The summed E-state index contributed by atoms with van der Waals surface area (Å²) in [6, 6.07) is 0. The van der Waals surface area contributed by atoms with Crippen LogP contribution in [0.3, 0.4) is 0 Å². The highest BCUT2D eigenvalue weighted by Gasteiger charge is 2.10. The molecule has 0 saturated heterocycles. The molecular formula is C9H21ClN2O2. The van der Waals surface area contributed by atoms with Gasteiger partial charge in [0, 0.05) is 12.0 Å². The Labute approximate surface area is 91.4 Å². The number of hydrogen-bond donors (Lipinski definition) is 1. The van der Waals surface area contributed by atoms with Crippen molar-refractivity contribution in [3.63, 3.8) is 0 Å². The highest BCUT2D eigenvalue weighted by atomic mass is 35.5. The summed E-state index contributed by atoms with van der Waals surface area (Å²) in [4.78, 5) is 12.7. The van der Waals surface area contributed by atoms with Crippen molar-refractivity contribution in [2.24, 2.45) is 0 Å². The molecule has 0 aromatic carbocycles. The molecule has 0 spiro atoms. The second-order valence-electron chi connectivity index (χ2n) is 2.75. The van der Waals surface area contributed by atoms with E-state index < -0.39 is 0 Å². The monoisotopic (exact) mass is 224 g/mol. The molecule has 14 heavy (non-hydrogen) atoms. The number of rotatable bonds is 3. The van der Waals surface area contributed by atoms with Crippen LogP contribution >= 0.6 is 11.6 Å². The molecule has 0 aromatic rings. The van der Waals surface area contributed by atoms with E-state index in [1.54, 1.807) is 18.7 Å². The van der Waals surface area contributed by atoms with Gasteiger partial charge in [0.2, 0.25) is 0 Å². The zero-order valence-electron chi connectivity index (χ0n) is 9.63. The minimum Gasteiger partial charge on any atom is -0.443 e. The number of hydrogen-bond acceptors (Lipinski definition) is 4. The molecule has 0 rings (SSSR count). The molecule has 3 N–H and O–H groups in total. The largest absolute Gasteiger partial charge is 0.443 e. The normalized spacial score (nSPS) is 10.5. The zero-order chi connectivity index (χ0) is 11.0. The van der Waals surface area contributed by atoms with Gasteiger partial charge in [-0.3, -0.25) is 4.90 Å². The first kappa shape index (κ1) is 19.1. The van der Waals surface area contributed by atoms with Crippen LogP contribution < -0.4 is 6.15 Å². The number of carbonyl (C=O) groups is 1. The standard InChI is InChI=1S/C8H15NO2.CH3Cl.H3N/c1-6(2)8(10)11-7(3)9(4)5;1-2;/h7H,1H2,2-5H3;1H3;1H3. The topological polar surface area (TPSA) is 64.5 Å². The molecule has 0 aliphatic rings. The average Bonchev–Trinajstić information content (AvgIpc) is 2.07. The van der Waals surface area contributed by atoms with Crippen LogP contribution in [-0.4, -0.2) is 37.6 Å². The molecule has 0 amide bonds. The maximum absolute atomic E-state index is 10.9. The molecular weight excluding hydrogens is 204 g/mol. The minimum absolute atomic E-state index is 0. The SMILES string of the molecule is C=C(C)C(=O)OC(C)N(C)C.CCl.N. The fraction of sp³-hybridized carbons (Fsp3) is 0.667. The lowest BCUT2D eigenvalue weighted by atomic mass is 10.4. The third kappa shape index (κ3) is 9.51. The van der Waals surface area contributed by atoms with Crippen molar-refractivity contribution in [2.45, 2.75) is 20.1 Å². The van der Waals surface area contributed by atoms with E-state index in [0.717, 1.165) is 0 Å². The van der Waals surface area contributed by atoms with Crippen LogP contribution in [0, 0.1) is 0 Å². The van der Waals surface area contributed by atoms with Gasteiger partial charge in [-0.2, -0.15) is 0 Å². The molecule has 86 valence electrons. The molecule has 0 aromatic heterocycles. The summed E-state index contributed by atoms with van der Waals surface area (Å²) in [5, 5.41) is 0. The van der Waals surface area contributed by atoms with Gasteiger partial charge in [-0.05, 0) is 27.9 Å². The molecule has 4 nitrogen and oxygen atoms in total. The van der Waals surface area contributed by atoms with E-state index >= 15 is 0 Å². The van der Waals surface area contributed by atoms with Crippen molar-refractivity contribution in [3.8, 4) is 0 Å². The summed E-state index contributed by atoms with van der Waals surface area (Å²) < 4.78 is 4.96. The highest BCUT2D eigenvalue weighted by molar-refractivity contribution is 6.15. The fourth-order valence-corrected chi connectivity index (χ4v) is 0.361. The van der Waals surface area contributed by atoms with E-state index in [0.29, 0.717) is 5.57 Å². The zero-order valence-corrected chi connectivity index (χ0v) is 10.4. The molecule has 0 heterocycles. The Morgan fingerprint density at radius 2 is 1.79 bits per heavy atom. The lowest BCUT2D eigenvalue weighted by molar-refractivity contribution is -0.150. The van der Waals surface area contributed by atoms with Crippen molar-refractivity contribution >= 4 is 17.6 Å². The second kappa shape index (κ2) is 10.5. The van der Waals surface area contributed by atoms with Gasteiger partial charge in [-0.1, -0.05) is 6.58 Å². The van der Waals surface area contributed by atoms with E-state index in [9.17, 15) is 4.79 Å². The predicted molar refractivity (Wildman–Crippen MR) is 60.9 cm³/mol. The van der Waals surface area contributed by atoms with Crippen LogP contribution in [-0.2, 0) is 9.53 Å². The third-order valence-corrected chi connectivity index (χ3v) is 1.35. The maximum atomic E-state index is 10.9. The molecule has 0 radical (unpaired) electrons. The van der Waals surface area contributed by atoms with Crippen LogP contribution in [0.5, 0.6) is 0 Å². The molecule has 0 fully saturated rings. The van der Waals surface area contributed by atoms with Crippen molar-refractivity contribution in [1.29, 1.82) is 0 Å². The Morgan fingerprint density at radius 3 is 2.00 bits per heavy atom. The Bertz CT molecular complexity index is 172. The average molecular weight is 225 g/mol. The lowest BCUT2D eigenvalue weighted by Crippen LogP contribution is -2.30. The van der Waals surface area contributed by atoms with Crippen LogP contribution in [0.25, 0.3) is 0 Å². The van der Waals surface area contributed by atoms with Gasteiger partial charge < -0.3 is 10.9 Å². The first-order valence-electron chi connectivity index (χ1n) is 3.86. The molecule has 1 unspecified atom stereocenters. The fourth-order valence-electron chi connectivity index (χ4n) is 0.361. The Hall–Kier alpha value is -0.580. The van der Waals surface area contributed by atoms with E-state index in [1.807, 2.05) is 14.1 Å². The minimum atomic E-state index is -0.341. The van der Waals surface area contributed by atoms with Gasteiger partial charge in [-0.15, -0.1) is 11.6 Å². The summed E-state index contributed by atoms with van der Waals surface area (Å²) in [5.41, 5.74) is 0.429. The number of halogens is 1. The van der Waals surface area contributed by atoms with E-state index in [4.69, 9.17) is 4.74 Å². The Kier molecular flexibility index (Phi) is 14.3. The Morgan fingerprint density at radius 1 is 1.43 bits per heavy atom. The van der Waals surface area contributed by atoms with Crippen molar-refractivity contribution in [2.75, 3.05) is 20.5 Å². The molecule has 5 heteroatoms. The molecule has 0 saturated carbocycles. The second-order valence-corrected chi connectivity index (χ2v) is 2.75. The predicted octanol–water partition coefficient (Wildman–Crippen LogP) is 2.03. The number of nitrogens with zero attached hydrogens (tertiary/aromatic N) is 1. The van der Waals surface area contributed by atoms with E-state index in [-0.39, 0.29) is 18.3 Å². The third-order valence-electron chi connectivity index (χ3n) is 1.35. The number of carbonyl (C=O) groups excluding carboxylic acids is 1. The smallest absolute Gasteiger partial charge is 0.334 e. The van der Waals surface area contributed by atoms with Crippen LogP contribution in [0.4, 0.5) is 0 Å². The first-order valence-corrected chi connectivity index (χ1v) is 4.61. The van der Waals surface area contributed by atoms with Gasteiger partial charge in [0.15, 0.2) is 6.23 Å². The lowest BCUT2D eigenvalue weighted by Gasteiger charge is -2.19. The number of ether oxygens (including phenoxy) is 1. The van der Waals surface area contributed by atoms with Crippen molar-refractivity contribution < 1.29 is 9.53 Å². The van der Waals surface area contributed by atoms with Crippen LogP contribution in [0.15, 0.2) is 12.2 Å². The summed E-state index contributed by atoms with van der Waals surface area (Å²) >= 11 is 4.64. The summed E-state index contributed by atoms with van der Waals surface area (Å²) in [5.74, 6) is -0.341. The molecule has 1 atom stereocenters. The number of esters is 1. The number of alkyl halides is 1. The van der Waals surface area contributed by atoms with Crippen LogP contribution in [0.1, 0.15) is 13.8 Å². The Balaban J connectivity index is -0.000000376. The van der Waals surface area contributed by atoms with Gasteiger partial charge in [0.25, 0.3) is 0 Å². The first-order chi connectivity index (χ1) is 5.95. The van der Waals surface area contributed by atoms with Gasteiger partial charge in [0.05, 0.1) is 0 Å². The molecule has 0 aliphatic heterocycles. The quantitative estimate of drug-likeness (QED) is 0.345. The van der Waals surface area contributed by atoms with Crippen molar-refractivity contribution in [1.82, 2.24) is 11.1 Å². The van der Waals surface area contributed by atoms with Crippen LogP contribution in [0.2, 0.25) is 0 Å². The van der Waals surface area contributed by atoms with Crippen molar-refractivity contribution in [3.05, 3.63) is 12.2 Å². The molecule has 0 aliphatic carbocycles. The summed E-state index contributed by atoms with van der Waals surface area (Å²) in [6.07, 6.45) is 1.28. The van der Waals surface area contributed by atoms with Gasteiger partial charge in [0.1, 0.15) is 0 Å². The van der Waals surface area contributed by atoms with Gasteiger partial charge >= 0.3 is 5.97 Å². The van der Waals surface area contributed by atoms with E-state index in [1.165, 1.54) is 6.38 Å². The van der Waals surface area contributed by atoms with Gasteiger partial charge in [-0.25, -0.2) is 4.79 Å². The van der Waals surface area contributed by atoms with E-state index in [2.05, 4.69) is 18.2 Å². The maximum Gasteiger partial charge on any atom is 0.334 e. The summed E-state index contributed by atoms with van der Waals surface area (Å²) in [7, 11) is 3.69.